The lowest BCUT2D eigenvalue weighted by Gasteiger charge is -2.31. The van der Waals surface area contributed by atoms with Gasteiger partial charge in [0.2, 0.25) is 0 Å². The number of nitrogens with one attached hydrogen (secondary N) is 1. The molecule has 0 spiro atoms. The van der Waals surface area contributed by atoms with Crippen LogP contribution in [-0.2, 0) is 6.54 Å². The molecule has 2 aromatic rings. The minimum Gasteiger partial charge on any atom is -0.393 e. The van der Waals surface area contributed by atoms with Crippen molar-refractivity contribution in [1.29, 1.82) is 0 Å². The predicted octanol–water partition coefficient (Wildman–Crippen LogP) is 3.64. The number of aliphatic hydroxyl groups excluding tert-OH is 1. The molecule has 0 radical (unpaired) electrons. The Balaban J connectivity index is 1.57. The molecule has 2 aromatic carbocycles. The molecule has 1 fully saturated rings. The molecule has 1 saturated heterocycles. The second-order valence-electron chi connectivity index (χ2n) is 6.50. The second kappa shape index (κ2) is 7.77. The monoisotopic (exact) mass is 328 g/mol. The molecule has 0 aromatic heterocycles. The predicted molar refractivity (Wildman–Crippen MR) is 95.6 cm³/mol. The van der Waals surface area contributed by atoms with E-state index in [1.54, 1.807) is 6.07 Å². The zero-order valence-electron chi connectivity index (χ0n) is 14.1. The Morgan fingerprint density at radius 2 is 1.79 bits per heavy atom. The molecule has 1 atom stereocenters. The highest BCUT2D eigenvalue weighted by Crippen LogP contribution is 2.23. The smallest absolute Gasteiger partial charge is 0.127 e. The average Bonchev–Trinajstić information content (AvgIpc) is 2.62. The lowest BCUT2D eigenvalue weighted by atomic mass is 10.0. The molecule has 3 nitrogen and oxygen atoms in total. The van der Waals surface area contributed by atoms with Crippen LogP contribution in [0.15, 0.2) is 48.5 Å². The van der Waals surface area contributed by atoms with E-state index >= 15 is 0 Å². The van der Waals surface area contributed by atoms with Gasteiger partial charge in [-0.25, -0.2) is 4.39 Å². The van der Waals surface area contributed by atoms with Crippen LogP contribution in [0.5, 0.6) is 0 Å². The van der Waals surface area contributed by atoms with E-state index in [1.165, 1.54) is 17.3 Å². The van der Waals surface area contributed by atoms with E-state index in [0.717, 1.165) is 25.9 Å². The maximum Gasteiger partial charge on any atom is 0.127 e. The van der Waals surface area contributed by atoms with Crippen LogP contribution >= 0.6 is 0 Å². The summed E-state index contributed by atoms with van der Waals surface area (Å²) in [6.07, 6.45) is 1.52. The van der Waals surface area contributed by atoms with Crippen molar-refractivity contribution in [3.05, 3.63) is 65.5 Å². The van der Waals surface area contributed by atoms with Crippen molar-refractivity contribution in [2.45, 2.75) is 38.5 Å². The molecule has 24 heavy (non-hydrogen) atoms. The normalized spacial score (nSPS) is 17.0. The zero-order chi connectivity index (χ0) is 16.9. The summed E-state index contributed by atoms with van der Waals surface area (Å²) in [5, 5.41) is 13.0. The van der Waals surface area contributed by atoms with Crippen LogP contribution in [0.25, 0.3) is 0 Å². The summed E-state index contributed by atoms with van der Waals surface area (Å²) in [7, 11) is 0. The molecule has 0 saturated carbocycles. The topological polar surface area (TPSA) is 35.5 Å². The van der Waals surface area contributed by atoms with Crippen molar-refractivity contribution in [3.8, 4) is 0 Å². The van der Waals surface area contributed by atoms with E-state index in [-0.39, 0.29) is 18.0 Å². The summed E-state index contributed by atoms with van der Waals surface area (Å²) in [6.45, 7) is 4.41. The molecule has 0 amide bonds. The van der Waals surface area contributed by atoms with Gasteiger partial charge in [-0.3, -0.25) is 0 Å². The minimum absolute atomic E-state index is 0.150. The van der Waals surface area contributed by atoms with Gasteiger partial charge in [0.15, 0.2) is 0 Å². The highest BCUT2D eigenvalue weighted by atomic mass is 19.1. The Labute approximate surface area is 143 Å². The van der Waals surface area contributed by atoms with Crippen molar-refractivity contribution in [2.75, 3.05) is 18.0 Å². The van der Waals surface area contributed by atoms with Crippen molar-refractivity contribution in [1.82, 2.24) is 5.32 Å². The third-order valence-electron chi connectivity index (χ3n) is 4.78. The summed E-state index contributed by atoms with van der Waals surface area (Å²) in [4.78, 5) is 2.31. The first-order chi connectivity index (χ1) is 11.6. The summed E-state index contributed by atoms with van der Waals surface area (Å²) in [6, 6.07) is 15.5. The molecule has 128 valence electrons. The van der Waals surface area contributed by atoms with Crippen molar-refractivity contribution < 1.29 is 9.50 Å². The maximum absolute atomic E-state index is 13.7. The first kappa shape index (κ1) is 16.9. The fourth-order valence-electron chi connectivity index (χ4n) is 3.12. The molecule has 3 rings (SSSR count). The highest BCUT2D eigenvalue weighted by molar-refractivity contribution is 5.48. The Bertz CT molecular complexity index is 651. The first-order valence-corrected chi connectivity index (χ1v) is 8.63. The van der Waals surface area contributed by atoms with Crippen molar-refractivity contribution >= 4 is 5.69 Å². The molecule has 1 aliphatic heterocycles. The fourth-order valence-corrected chi connectivity index (χ4v) is 3.12. The molecule has 1 heterocycles. The molecular weight excluding hydrogens is 303 g/mol. The summed E-state index contributed by atoms with van der Waals surface area (Å²) >= 11 is 0. The van der Waals surface area contributed by atoms with E-state index < -0.39 is 0 Å². The van der Waals surface area contributed by atoms with Gasteiger partial charge >= 0.3 is 0 Å². The van der Waals surface area contributed by atoms with Gasteiger partial charge in [-0.15, -0.1) is 0 Å². The standard InChI is InChI=1S/C20H25FN2O/c1-15(22-14-17-4-2-3-5-20(17)21)16-6-8-18(9-7-16)23-12-10-19(24)11-13-23/h2-9,15,19,22,24H,10-14H2,1H3. The highest BCUT2D eigenvalue weighted by Gasteiger charge is 2.17. The van der Waals surface area contributed by atoms with Crippen LogP contribution in [0.2, 0.25) is 0 Å². The van der Waals surface area contributed by atoms with E-state index in [1.807, 2.05) is 12.1 Å². The number of nitrogens with zero attached hydrogens (tertiary/aromatic N) is 1. The van der Waals surface area contributed by atoms with Gasteiger partial charge in [0.1, 0.15) is 5.82 Å². The van der Waals surface area contributed by atoms with E-state index in [4.69, 9.17) is 0 Å². The van der Waals surface area contributed by atoms with E-state index in [2.05, 4.69) is 41.4 Å². The molecule has 4 heteroatoms. The molecule has 0 aliphatic carbocycles. The van der Waals surface area contributed by atoms with E-state index in [0.29, 0.717) is 12.1 Å². The number of rotatable bonds is 5. The van der Waals surface area contributed by atoms with Crippen LogP contribution in [0.4, 0.5) is 10.1 Å². The van der Waals surface area contributed by atoms with Gasteiger partial charge in [0.05, 0.1) is 6.10 Å². The van der Waals surface area contributed by atoms with Crippen LogP contribution in [0.3, 0.4) is 0 Å². The van der Waals surface area contributed by atoms with Gasteiger partial charge in [-0.05, 0) is 43.5 Å². The van der Waals surface area contributed by atoms with Crippen molar-refractivity contribution in [2.24, 2.45) is 0 Å². The average molecular weight is 328 g/mol. The third-order valence-corrected chi connectivity index (χ3v) is 4.78. The molecule has 1 aliphatic rings. The van der Waals surface area contributed by atoms with Crippen LogP contribution in [0.1, 0.15) is 36.9 Å². The van der Waals surface area contributed by atoms with E-state index in [9.17, 15) is 9.50 Å². The lowest BCUT2D eigenvalue weighted by molar-refractivity contribution is 0.145. The number of halogens is 1. The fraction of sp³-hybridized carbons (Fsp3) is 0.400. The molecule has 2 N–H and O–H groups in total. The number of hydrogen-bond donors (Lipinski definition) is 2. The quantitative estimate of drug-likeness (QED) is 0.880. The molecule has 1 unspecified atom stereocenters. The lowest BCUT2D eigenvalue weighted by Crippen LogP contribution is -2.35. The molecule has 0 bridgehead atoms. The summed E-state index contributed by atoms with van der Waals surface area (Å²) in [5.41, 5.74) is 3.08. The Hall–Kier alpha value is -1.91. The van der Waals surface area contributed by atoms with Crippen LogP contribution < -0.4 is 10.2 Å². The zero-order valence-corrected chi connectivity index (χ0v) is 14.1. The maximum atomic E-state index is 13.7. The number of hydrogen-bond acceptors (Lipinski definition) is 3. The summed E-state index contributed by atoms with van der Waals surface area (Å²) in [5.74, 6) is -0.167. The molecular formula is C20H25FN2O. The number of aliphatic hydroxyl groups is 1. The Kier molecular flexibility index (Phi) is 5.48. The number of piperidine rings is 1. The van der Waals surface area contributed by atoms with Gasteiger partial charge in [0, 0.05) is 36.9 Å². The largest absolute Gasteiger partial charge is 0.393 e. The Morgan fingerprint density at radius 1 is 1.12 bits per heavy atom. The van der Waals surface area contributed by atoms with Crippen LogP contribution in [0, 0.1) is 5.82 Å². The third kappa shape index (κ3) is 4.13. The minimum atomic E-state index is -0.167. The van der Waals surface area contributed by atoms with Gasteiger partial charge in [0.25, 0.3) is 0 Å². The van der Waals surface area contributed by atoms with Crippen LogP contribution in [-0.4, -0.2) is 24.3 Å². The van der Waals surface area contributed by atoms with Crippen molar-refractivity contribution in [3.63, 3.8) is 0 Å². The number of anilines is 1. The number of benzene rings is 2. The van der Waals surface area contributed by atoms with Gasteiger partial charge < -0.3 is 15.3 Å². The van der Waals surface area contributed by atoms with Gasteiger partial charge in [-0.2, -0.15) is 0 Å². The summed E-state index contributed by atoms with van der Waals surface area (Å²) < 4.78 is 13.7. The Morgan fingerprint density at radius 3 is 2.46 bits per heavy atom. The van der Waals surface area contributed by atoms with Gasteiger partial charge in [-0.1, -0.05) is 30.3 Å². The second-order valence-corrected chi connectivity index (χ2v) is 6.50. The first-order valence-electron chi connectivity index (χ1n) is 8.63. The SMILES string of the molecule is CC(NCc1ccccc1F)c1ccc(N2CCC(O)CC2)cc1.